The van der Waals surface area contributed by atoms with Gasteiger partial charge in [-0.25, -0.2) is 15.0 Å². The van der Waals surface area contributed by atoms with Crippen LogP contribution in [0.25, 0.3) is 22.2 Å². The van der Waals surface area contributed by atoms with E-state index < -0.39 is 11.8 Å². The highest BCUT2D eigenvalue weighted by molar-refractivity contribution is 6.05. The van der Waals surface area contributed by atoms with E-state index in [9.17, 15) is 19.2 Å². The fraction of sp³-hybridized carbons (Fsp3) is 0.432. The number of aromatic nitrogens is 9. The lowest BCUT2D eigenvalue weighted by Crippen LogP contribution is -2.37. The fourth-order valence-electron chi connectivity index (χ4n) is 7.98. The van der Waals surface area contributed by atoms with E-state index in [1.54, 1.807) is 38.2 Å². The van der Waals surface area contributed by atoms with Crippen molar-refractivity contribution >= 4 is 57.7 Å². The summed E-state index contributed by atoms with van der Waals surface area (Å²) in [4.78, 5) is 68.8. The van der Waals surface area contributed by atoms with Crippen molar-refractivity contribution in [3.8, 4) is 5.75 Å². The number of fused-ring (bicyclic) bond motifs is 2. The Morgan fingerprint density at radius 1 is 0.766 bits per heavy atom. The van der Waals surface area contributed by atoms with Crippen molar-refractivity contribution in [1.82, 2.24) is 48.5 Å². The highest BCUT2D eigenvalue weighted by Crippen LogP contribution is 2.34. The van der Waals surface area contributed by atoms with E-state index in [0.717, 1.165) is 63.1 Å². The van der Waals surface area contributed by atoms with Crippen LogP contribution in [0.3, 0.4) is 0 Å². The summed E-state index contributed by atoms with van der Waals surface area (Å²) in [5, 5.41) is 15.1. The topological polar surface area (TPSA) is 250 Å². The van der Waals surface area contributed by atoms with Crippen molar-refractivity contribution in [1.29, 1.82) is 0 Å². The first-order valence-corrected chi connectivity index (χ1v) is 21.8. The van der Waals surface area contributed by atoms with E-state index in [2.05, 4.69) is 35.7 Å². The molecule has 6 aromatic rings. The largest absolute Gasteiger partial charge is 0.491 e. The first-order chi connectivity index (χ1) is 31.0. The van der Waals surface area contributed by atoms with E-state index in [-0.39, 0.29) is 47.9 Å². The van der Waals surface area contributed by atoms with Gasteiger partial charge >= 0.3 is 0 Å². The van der Waals surface area contributed by atoms with Crippen molar-refractivity contribution < 1.29 is 28.7 Å². The molecular formula is C44H52N14O6. The Morgan fingerprint density at radius 2 is 1.33 bits per heavy atom. The maximum Gasteiger partial charge on any atom is 0.276 e. The Labute approximate surface area is 368 Å². The van der Waals surface area contributed by atoms with Gasteiger partial charge in [-0.15, -0.1) is 0 Å². The van der Waals surface area contributed by atoms with Crippen molar-refractivity contribution in [2.24, 2.45) is 23.3 Å². The molecule has 9 rings (SSSR count). The van der Waals surface area contributed by atoms with E-state index in [1.807, 2.05) is 30.6 Å². The number of aryl methyl sites for hydroxylation is 2. The number of nitrogens with zero attached hydrogens (tertiary/aromatic N) is 10. The lowest BCUT2D eigenvalue weighted by atomic mass is 10.1. The molecule has 3 fully saturated rings. The number of anilines is 2. The Kier molecular flexibility index (Phi) is 11.9. The number of hydrogen-bond donors (Lipinski definition) is 4. The first-order valence-electron chi connectivity index (χ1n) is 21.8. The van der Waals surface area contributed by atoms with Crippen LogP contribution in [-0.4, -0.2) is 112 Å². The number of ether oxygens (including phenoxy) is 2. The zero-order valence-electron chi connectivity index (χ0n) is 36.0. The number of nitrogens with two attached hydrogens (primary N) is 2. The van der Waals surface area contributed by atoms with Crippen molar-refractivity contribution in [2.45, 2.75) is 72.1 Å². The highest BCUT2D eigenvalue weighted by Gasteiger charge is 2.28. The second-order valence-corrected chi connectivity index (χ2v) is 16.9. The highest BCUT2D eigenvalue weighted by atomic mass is 16.5. The molecule has 2 aliphatic carbocycles. The number of benzene rings is 1. The third kappa shape index (κ3) is 9.52. The number of rotatable bonds is 19. The molecule has 3 aliphatic rings. The summed E-state index contributed by atoms with van der Waals surface area (Å²) in [7, 11) is 0. The predicted molar refractivity (Wildman–Crippen MR) is 236 cm³/mol. The molecule has 6 N–H and O–H groups in total. The van der Waals surface area contributed by atoms with E-state index in [1.165, 1.54) is 12.3 Å². The van der Waals surface area contributed by atoms with Gasteiger partial charge in [0.2, 0.25) is 23.7 Å². The average molecular weight is 873 g/mol. The maximum atomic E-state index is 14.0. The lowest BCUT2D eigenvalue weighted by molar-refractivity contribution is 0.0358. The zero-order chi connectivity index (χ0) is 44.5. The average Bonchev–Trinajstić information content (AvgIpc) is 4.13. The van der Waals surface area contributed by atoms with E-state index >= 15 is 0 Å². The second-order valence-electron chi connectivity index (χ2n) is 16.9. The molecule has 64 heavy (non-hydrogen) atoms. The molecule has 0 unspecified atom stereocenters. The van der Waals surface area contributed by atoms with Crippen LogP contribution >= 0.6 is 0 Å². The monoisotopic (exact) mass is 872 g/mol. The normalized spacial score (nSPS) is 15.7. The number of allylic oxidation sites excluding steroid dienone is 2. The van der Waals surface area contributed by atoms with Crippen LogP contribution in [0.5, 0.6) is 5.75 Å². The van der Waals surface area contributed by atoms with Crippen LogP contribution in [0.1, 0.15) is 85.2 Å². The molecule has 1 aliphatic heterocycles. The van der Waals surface area contributed by atoms with Gasteiger partial charge in [-0.2, -0.15) is 10.2 Å². The molecule has 1 saturated heterocycles. The molecule has 2 saturated carbocycles. The van der Waals surface area contributed by atoms with Crippen LogP contribution in [0.4, 0.5) is 11.9 Å². The zero-order valence-corrected chi connectivity index (χ0v) is 36.0. The van der Waals surface area contributed by atoms with Crippen LogP contribution in [0, 0.1) is 25.7 Å². The Hall–Kier alpha value is -6.93. The smallest absolute Gasteiger partial charge is 0.276 e. The Balaban J connectivity index is 1.03. The standard InChI is InChI=1S/C44H52N14O6/c1-26-18-34(57(52-26)24-28-6-7-28)41(61)50-43-48-32-20-30(38(45)59)22-36(64-15-5-10-54-13-16-63-17-14-54)37(32)55(43)11-3-4-12-56-40-33(21-31(23-47-40)39(46)60)49-44(56)51-42(62)35-19-27(2)53-58(35)25-29-8-9-29/h3-4,18-23,28-29H,5-17,24-25H2,1-2H3,(H2,45,59)(H2,46,60)(H,48,50,61)(H,49,51,62)/b4-3+. The van der Waals surface area contributed by atoms with Gasteiger partial charge in [0.15, 0.2) is 5.65 Å². The number of carbonyl (C=O) groups is 4. The third-order valence-corrected chi connectivity index (χ3v) is 11.7. The summed E-state index contributed by atoms with van der Waals surface area (Å²) in [5.74, 6) is -0.273. The molecular weight excluding hydrogens is 821 g/mol. The quantitative estimate of drug-likeness (QED) is 0.0673. The van der Waals surface area contributed by atoms with Gasteiger partial charge in [-0.3, -0.25) is 48.6 Å². The summed E-state index contributed by atoms with van der Waals surface area (Å²) in [6, 6.07) is 8.24. The lowest BCUT2D eigenvalue weighted by Gasteiger charge is -2.26. The predicted octanol–water partition coefficient (Wildman–Crippen LogP) is 3.67. The van der Waals surface area contributed by atoms with Gasteiger partial charge in [0.1, 0.15) is 28.2 Å². The molecule has 0 spiro atoms. The van der Waals surface area contributed by atoms with Crippen LogP contribution in [0.2, 0.25) is 0 Å². The number of pyridine rings is 1. The molecule has 4 amide bonds. The molecule has 6 heterocycles. The van der Waals surface area contributed by atoms with E-state index in [0.29, 0.717) is 84.1 Å². The Morgan fingerprint density at radius 3 is 1.92 bits per heavy atom. The number of primary amides is 2. The summed E-state index contributed by atoms with van der Waals surface area (Å²) in [6.07, 6.45) is 10.2. The van der Waals surface area contributed by atoms with Gasteiger partial charge in [-0.1, -0.05) is 12.2 Å². The first kappa shape index (κ1) is 42.4. The van der Waals surface area contributed by atoms with Crippen LogP contribution in [-0.2, 0) is 30.9 Å². The SMILES string of the molecule is Cc1cc(C(=O)Nc2nc3cc(C(N)=O)cnc3n2C/C=C/Cn2c(NC(=O)c3cc(C)nn3CC3CC3)nc3cc(C(N)=O)cc(OCCCN4CCOCC4)c32)n(CC2CC2)n1. The number of amides is 4. The fourth-order valence-corrected chi connectivity index (χ4v) is 7.98. The minimum absolute atomic E-state index is 0.176. The van der Waals surface area contributed by atoms with Gasteiger partial charge < -0.3 is 25.5 Å². The number of morpholine rings is 1. The molecule has 5 aromatic heterocycles. The molecule has 0 atom stereocenters. The molecule has 334 valence electrons. The van der Waals surface area contributed by atoms with Crippen molar-refractivity contribution in [3.63, 3.8) is 0 Å². The van der Waals surface area contributed by atoms with Gasteiger partial charge in [-0.05, 0) is 88.1 Å². The molecule has 1 aromatic carbocycles. The van der Waals surface area contributed by atoms with Gasteiger partial charge in [0.25, 0.3) is 11.8 Å². The number of imidazole rings is 2. The number of nitrogens with one attached hydrogen (secondary N) is 2. The second kappa shape index (κ2) is 18.0. The number of hydrogen-bond acceptors (Lipinski definition) is 12. The number of carbonyl (C=O) groups excluding carboxylic acids is 4. The van der Waals surface area contributed by atoms with Crippen molar-refractivity contribution in [3.05, 3.63) is 82.6 Å². The summed E-state index contributed by atoms with van der Waals surface area (Å²) < 4.78 is 18.9. The molecule has 20 nitrogen and oxygen atoms in total. The molecule has 0 radical (unpaired) electrons. The van der Waals surface area contributed by atoms with Crippen LogP contribution in [0.15, 0.2) is 48.7 Å². The molecule has 20 heteroatoms. The third-order valence-electron chi connectivity index (χ3n) is 11.7. The van der Waals surface area contributed by atoms with Gasteiger partial charge in [0, 0.05) is 57.6 Å². The summed E-state index contributed by atoms with van der Waals surface area (Å²) in [6.45, 7) is 9.63. The van der Waals surface area contributed by atoms with Gasteiger partial charge in [0.05, 0.1) is 42.3 Å². The van der Waals surface area contributed by atoms with Crippen molar-refractivity contribution in [2.75, 3.05) is 50.1 Å². The molecule has 0 bridgehead atoms. The minimum Gasteiger partial charge on any atom is -0.491 e. The van der Waals surface area contributed by atoms with E-state index in [4.69, 9.17) is 25.9 Å². The minimum atomic E-state index is -0.657. The van der Waals surface area contributed by atoms with Crippen LogP contribution < -0.4 is 26.8 Å². The summed E-state index contributed by atoms with van der Waals surface area (Å²) >= 11 is 0. The maximum absolute atomic E-state index is 14.0. The Bertz CT molecular complexity index is 2780. The summed E-state index contributed by atoms with van der Waals surface area (Å²) in [5.41, 5.74) is 15.8.